The Bertz CT molecular complexity index is 1790. The number of thioether (sulfide) groups is 1. The van der Waals surface area contributed by atoms with Gasteiger partial charge >= 0.3 is 5.97 Å². The molecular formula is C36H40N4O4S. The van der Waals surface area contributed by atoms with Gasteiger partial charge in [0.15, 0.2) is 0 Å². The van der Waals surface area contributed by atoms with E-state index in [0.717, 1.165) is 55.3 Å². The van der Waals surface area contributed by atoms with Crippen LogP contribution in [0.4, 0.5) is 0 Å². The van der Waals surface area contributed by atoms with Gasteiger partial charge in [0.25, 0.3) is 0 Å². The van der Waals surface area contributed by atoms with Crippen LogP contribution in [0.3, 0.4) is 0 Å². The first-order valence-corrected chi connectivity index (χ1v) is 15.7. The van der Waals surface area contributed by atoms with E-state index in [1.54, 1.807) is 38.8 Å². The maximum absolute atomic E-state index is 12.4. The molecule has 3 aromatic heterocycles. The van der Waals surface area contributed by atoms with Crippen molar-refractivity contribution in [1.82, 2.24) is 19.7 Å². The molecule has 0 saturated heterocycles. The Morgan fingerprint density at radius 2 is 1.71 bits per heavy atom. The summed E-state index contributed by atoms with van der Waals surface area (Å²) in [4.78, 5) is 17.9. The molecule has 0 bridgehead atoms. The molecule has 8 nitrogen and oxygen atoms in total. The van der Waals surface area contributed by atoms with E-state index in [1.165, 1.54) is 0 Å². The number of pyridine rings is 1. The molecule has 1 N–H and O–H groups in total. The molecule has 0 aliphatic heterocycles. The smallest absolute Gasteiger partial charge is 0.309 e. The molecule has 0 amide bonds. The highest BCUT2D eigenvalue weighted by molar-refractivity contribution is 8.00. The summed E-state index contributed by atoms with van der Waals surface area (Å²) in [5.41, 5.74) is 5.82. The normalized spacial score (nSPS) is 12.0. The van der Waals surface area contributed by atoms with Gasteiger partial charge in [0.1, 0.15) is 12.4 Å². The highest BCUT2D eigenvalue weighted by Gasteiger charge is 2.33. The minimum atomic E-state index is -0.966. The second-order valence-electron chi connectivity index (χ2n) is 12.9. The number of carbonyl (C=O) groups is 1. The van der Waals surface area contributed by atoms with Crippen LogP contribution in [0.15, 0.2) is 77.8 Å². The van der Waals surface area contributed by atoms with Crippen LogP contribution in [0.1, 0.15) is 57.1 Å². The van der Waals surface area contributed by atoms with Gasteiger partial charge in [-0.2, -0.15) is 0 Å². The molecule has 0 unspecified atom stereocenters. The molecule has 5 aromatic rings. The van der Waals surface area contributed by atoms with Crippen molar-refractivity contribution >= 4 is 28.6 Å². The standard InChI is InChI=1S/C36H40N4O4S/c1-23-8-13-26(37-20-23)22-44-27-14-16-30-28(18-27)33(45-35(2,3)4)31(19-36(5,6)34(41)42)40(30)21-24-9-11-25(12-10-24)29-15-17-32(43-7)39-38-29/h8-18,20H,19,21-22H2,1-7H3,(H,41,42). The van der Waals surface area contributed by atoms with E-state index >= 15 is 0 Å². The van der Waals surface area contributed by atoms with E-state index in [2.05, 4.69) is 64.8 Å². The molecular weight excluding hydrogens is 584 g/mol. The number of fused-ring (bicyclic) bond motifs is 1. The third kappa shape index (κ3) is 7.65. The van der Waals surface area contributed by atoms with E-state index in [0.29, 0.717) is 25.5 Å². The summed E-state index contributed by atoms with van der Waals surface area (Å²) in [6, 6.07) is 22.1. The molecule has 0 radical (unpaired) electrons. The largest absolute Gasteiger partial charge is 0.487 e. The first-order chi connectivity index (χ1) is 21.3. The number of nitrogens with zero attached hydrogens (tertiary/aromatic N) is 4. The number of aromatic nitrogens is 4. The summed E-state index contributed by atoms with van der Waals surface area (Å²) in [6.45, 7) is 13.1. The quantitative estimate of drug-likeness (QED) is 0.148. The fraction of sp³-hybridized carbons (Fsp3) is 0.333. The third-order valence-electron chi connectivity index (χ3n) is 7.49. The number of aliphatic carboxylic acids is 1. The Morgan fingerprint density at radius 1 is 0.956 bits per heavy atom. The van der Waals surface area contributed by atoms with Crippen molar-refractivity contribution in [3.05, 3.63) is 95.4 Å². The molecule has 9 heteroatoms. The minimum Gasteiger partial charge on any atom is -0.487 e. The Labute approximate surface area is 268 Å². The summed E-state index contributed by atoms with van der Waals surface area (Å²) in [5.74, 6) is 0.383. The number of carboxylic acid groups (broad SMARTS) is 1. The highest BCUT2D eigenvalue weighted by atomic mass is 32.2. The highest BCUT2D eigenvalue weighted by Crippen LogP contribution is 2.44. The number of benzene rings is 2. The van der Waals surface area contributed by atoms with E-state index < -0.39 is 11.4 Å². The van der Waals surface area contributed by atoms with Crippen molar-refractivity contribution in [2.45, 2.75) is 70.8 Å². The van der Waals surface area contributed by atoms with E-state index in [-0.39, 0.29) is 4.75 Å². The molecule has 0 atom stereocenters. The van der Waals surface area contributed by atoms with Crippen LogP contribution in [0.5, 0.6) is 11.6 Å². The Balaban J connectivity index is 1.56. The zero-order valence-corrected chi connectivity index (χ0v) is 27.7. The lowest BCUT2D eigenvalue weighted by Crippen LogP contribution is -2.28. The summed E-state index contributed by atoms with van der Waals surface area (Å²) in [6.07, 6.45) is 2.21. The summed E-state index contributed by atoms with van der Waals surface area (Å²) in [5, 5.41) is 19.5. The summed E-state index contributed by atoms with van der Waals surface area (Å²) in [7, 11) is 1.57. The Morgan fingerprint density at radius 3 is 2.31 bits per heavy atom. The molecule has 0 fully saturated rings. The lowest BCUT2D eigenvalue weighted by atomic mass is 9.88. The van der Waals surface area contributed by atoms with Crippen molar-refractivity contribution in [1.29, 1.82) is 0 Å². The average molecular weight is 625 g/mol. The van der Waals surface area contributed by atoms with Crippen LogP contribution in [-0.2, 0) is 24.4 Å². The first kappa shape index (κ1) is 32.0. The lowest BCUT2D eigenvalue weighted by molar-refractivity contribution is -0.146. The van der Waals surface area contributed by atoms with Gasteiger partial charge in [0.05, 0.1) is 23.9 Å². The summed E-state index contributed by atoms with van der Waals surface area (Å²) >= 11 is 1.76. The molecule has 0 aliphatic carbocycles. The van der Waals surface area contributed by atoms with Crippen LogP contribution in [-0.4, -0.2) is 42.7 Å². The van der Waals surface area contributed by atoms with Gasteiger partial charge in [-0.25, -0.2) is 0 Å². The average Bonchev–Trinajstić information content (AvgIpc) is 3.26. The fourth-order valence-electron chi connectivity index (χ4n) is 5.00. The maximum atomic E-state index is 12.4. The van der Waals surface area contributed by atoms with Crippen LogP contribution in [0.2, 0.25) is 0 Å². The van der Waals surface area contributed by atoms with Gasteiger partial charge in [0, 0.05) is 57.0 Å². The van der Waals surface area contributed by atoms with Gasteiger partial charge < -0.3 is 19.1 Å². The number of hydrogen-bond donors (Lipinski definition) is 1. The zero-order chi connectivity index (χ0) is 32.4. The van der Waals surface area contributed by atoms with Crippen LogP contribution >= 0.6 is 11.8 Å². The Kier molecular flexibility index (Phi) is 9.20. The molecule has 0 saturated carbocycles. The van der Waals surface area contributed by atoms with Crippen LogP contribution in [0.25, 0.3) is 22.2 Å². The maximum Gasteiger partial charge on any atom is 0.309 e. The minimum absolute atomic E-state index is 0.106. The SMILES string of the molecule is COc1ccc(-c2ccc(Cn3c(CC(C)(C)C(=O)O)c(SC(C)(C)C)c4cc(OCc5ccc(C)cn5)ccc43)cc2)nn1. The zero-order valence-electron chi connectivity index (χ0n) is 26.9. The van der Waals surface area contributed by atoms with Crippen molar-refractivity contribution in [3.8, 4) is 22.9 Å². The topological polar surface area (TPSA) is 99.4 Å². The van der Waals surface area contributed by atoms with Crippen LogP contribution < -0.4 is 9.47 Å². The predicted octanol–water partition coefficient (Wildman–Crippen LogP) is 7.98. The molecule has 0 spiro atoms. The van der Waals surface area contributed by atoms with Crippen molar-refractivity contribution < 1.29 is 19.4 Å². The lowest BCUT2D eigenvalue weighted by Gasteiger charge is -2.24. The molecule has 45 heavy (non-hydrogen) atoms. The van der Waals surface area contributed by atoms with Gasteiger partial charge in [-0.1, -0.05) is 51.1 Å². The predicted molar refractivity (Wildman–Crippen MR) is 179 cm³/mol. The van der Waals surface area contributed by atoms with Gasteiger partial charge in [-0.05, 0) is 62.2 Å². The molecule has 234 valence electrons. The monoisotopic (exact) mass is 624 g/mol. The van der Waals surface area contributed by atoms with Crippen molar-refractivity contribution in [2.24, 2.45) is 5.41 Å². The second-order valence-corrected chi connectivity index (χ2v) is 14.7. The molecule has 2 aromatic carbocycles. The number of aryl methyl sites for hydroxylation is 1. The van der Waals surface area contributed by atoms with Crippen molar-refractivity contribution in [2.75, 3.05) is 7.11 Å². The van der Waals surface area contributed by atoms with Gasteiger partial charge in [-0.15, -0.1) is 22.0 Å². The summed E-state index contributed by atoms with van der Waals surface area (Å²) < 4.78 is 13.5. The number of methoxy groups -OCH3 is 1. The second kappa shape index (κ2) is 12.9. The number of ether oxygens (including phenoxy) is 2. The van der Waals surface area contributed by atoms with Crippen LogP contribution in [0, 0.1) is 12.3 Å². The molecule has 0 aliphatic rings. The van der Waals surface area contributed by atoms with Gasteiger partial charge in [-0.3, -0.25) is 9.78 Å². The van der Waals surface area contributed by atoms with E-state index in [4.69, 9.17) is 9.47 Å². The number of carboxylic acids is 1. The number of rotatable bonds is 11. The Hall–Kier alpha value is -4.37. The fourth-order valence-corrected chi connectivity index (χ4v) is 6.19. The first-order valence-electron chi connectivity index (χ1n) is 14.9. The van der Waals surface area contributed by atoms with Gasteiger partial charge in [0.2, 0.25) is 5.88 Å². The van der Waals surface area contributed by atoms with Crippen molar-refractivity contribution in [3.63, 3.8) is 0 Å². The molecule has 5 rings (SSSR count). The molecule has 3 heterocycles. The number of hydrogen-bond acceptors (Lipinski definition) is 7. The third-order valence-corrected chi connectivity index (χ3v) is 8.76. The van der Waals surface area contributed by atoms with E-state index in [9.17, 15) is 9.90 Å². The van der Waals surface area contributed by atoms with E-state index in [1.807, 2.05) is 49.5 Å².